The summed E-state index contributed by atoms with van der Waals surface area (Å²) < 4.78 is 10.4. The number of carbonyl (C=O) groups excluding carboxylic acids is 1. The maximum atomic E-state index is 11.7. The van der Waals surface area contributed by atoms with Crippen LogP contribution in [0.25, 0.3) is 0 Å². The number of ether oxygens (including phenoxy) is 2. The molecule has 3 atom stereocenters. The van der Waals surface area contributed by atoms with Gasteiger partial charge in [-0.2, -0.15) is 0 Å². The first-order valence-electron chi connectivity index (χ1n) is 6.21. The lowest BCUT2D eigenvalue weighted by molar-refractivity contribution is 0.105. The molecule has 2 rings (SSSR count). The highest BCUT2D eigenvalue weighted by Gasteiger charge is 2.38. The summed E-state index contributed by atoms with van der Waals surface area (Å²) in [5, 5.41) is 2.85. The lowest BCUT2D eigenvalue weighted by Crippen LogP contribution is -2.29. The quantitative estimate of drug-likeness (QED) is 0.872. The molecular weight excluding hydrogens is 230 g/mol. The lowest BCUT2D eigenvalue weighted by Gasteiger charge is -2.14. The lowest BCUT2D eigenvalue weighted by atomic mass is 10.1. The summed E-state index contributed by atoms with van der Waals surface area (Å²) in [4.78, 5) is 11.7. The molecule has 0 heterocycles. The molecule has 98 valence electrons. The fourth-order valence-electron chi connectivity index (χ4n) is 1.96. The molecule has 1 aromatic carbocycles. The molecule has 1 aromatic rings. The van der Waals surface area contributed by atoms with E-state index in [1.54, 1.807) is 7.11 Å². The largest absolute Gasteiger partial charge is 0.442 e. The van der Waals surface area contributed by atoms with Gasteiger partial charge in [0.1, 0.15) is 6.10 Å². The number of carbonyl (C=O) groups is 1. The Kier molecular flexibility index (Phi) is 4.20. The van der Waals surface area contributed by atoms with Gasteiger partial charge in [-0.3, -0.25) is 0 Å². The monoisotopic (exact) mass is 249 g/mol. The third-order valence-corrected chi connectivity index (χ3v) is 3.16. The summed E-state index contributed by atoms with van der Waals surface area (Å²) >= 11 is 0. The van der Waals surface area contributed by atoms with Gasteiger partial charge in [-0.25, -0.2) is 4.79 Å². The number of amides is 1. The average Bonchev–Trinajstić information content (AvgIpc) is 3.08. The Morgan fingerprint density at radius 2 is 2.17 bits per heavy atom. The number of methoxy groups -OCH3 is 1. The standard InChI is InChI=1S/C14H19NO3/c1-10(11-6-4-3-5-7-11)18-14(16)15-13-8-12(13)9-17-2/h3-7,10,12-13H,8-9H2,1-2H3,(H,15,16)/t10-,12+,13+/m0/s1. The number of hydrogen-bond acceptors (Lipinski definition) is 3. The highest BCUT2D eigenvalue weighted by Crippen LogP contribution is 2.30. The molecule has 1 N–H and O–H groups in total. The minimum atomic E-state index is -0.352. The molecule has 0 radical (unpaired) electrons. The second-order valence-electron chi connectivity index (χ2n) is 4.66. The molecule has 4 nitrogen and oxygen atoms in total. The van der Waals surface area contributed by atoms with Crippen LogP contribution in [0.5, 0.6) is 0 Å². The topological polar surface area (TPSA) is 47.6 Å². The van der Waals surface area contributed by atoms with Crippen molar-refractivity contribution in [2.24, 2.45) is 5.92 Å². The zero-order chi connectivity index (χ0) is 13.0. The second-order valence-corrected chi connectivity index (χ2v) is 4.66. The van der Waals surface area contributed by atoms with Crippen molar-refractivity contribution in [1.82, 2.24) is 5.32 Å². The molecule has 0 saturated heterocycles. The predicted octanol–water partition coefficient (Wildman–Crippen LogP) is 2.51. The number of alkyl carbamates (subject to hydrolysis) is 1. The molecule has 1 fully saturated rings. The van der Waals surface area contributed by atoms with E-state index >= 15 is 0 Å². The fraction of sp³-hybridized carbons (Fsp3) is 0.500. The fourth-order valence-corrected chi connectivity index (χ4v) is 1.96. The third-order valence-electron chi connectivity index (χ3n) is 3.16. The Labute approximate surface area is 107 Å². The van der Waals surface area contributed by atoms with E-state index in [-0.39, 0.29) is 18.2 Å². The Hall–Kier alpha value is -1.55. The maximum absolute atomic E-state index is 11.7. The Bertz CT molecular complexity index is 393. The van der Waals surface area contributed by atoms with Crippen LogP contribution >= 0.6 is 0 Å². The van der Waals surface area contributed by atoms with E-state index in [1.165, 1.54) is 0 Å². The molecule has 4 heteroatoms. The van der Waals surface area contributed by atoms with E-state index < -0.39 is 0 Å². The first-order chi connectivity index (χ1) is 8.70. The van der Waals surface area contributed by atoms with Gasteiger partial charge in [-0.05, 0) is 18.9 Å². The van der Waals surface area contributed by atoms with Gasteiger partial charge in [0.2, 0.25) is 0 Å². The molecular formula is C14H19NO3. The number of nitrogens with one attached hydrogen (secondary N) is 1. The van der Waals surface area contributed by atoms with Crippen molar-refractivity contribution in [2.75, 3.05) is 13.7 Å². The minimum absolute atomic E-state index is 0.209. The van der Waals surface area contributed by atoms with Gasteiger partial charge in [0.15, 0.2) is 0 Å². The summed E-state index contributed by atoms with van der Waals surface area (Å²) in [5.41, 5.74) is 0.997. The SMILES string of the molecule is COC[C@H]1C[C@H]1NC(=O)O[C@@H](C)c1ccccc1. The van der Waals surface area contributed by atoms with Crippen LogP contribution in [0.2, 0.25) is 0 Å². The van der Waals surface area contributed by atoms with Gasteiger partial charge in [-0.15, -0.1) is 0 Å². The van der Waals surface area contributed by atoms with Gasteiger partial charge in [-0.1, -0.05) is 30.3 Å². The zero-order valence-electron chi connectivity index (χ0n) is 10.8. The van der Waals surface area contributed by atoms with Crippen molar-refractivity contribution in [3.63, 3.8) is 0 Å². The normalized spacial score (nSPS) is 23.2. The van der Waals surface area contributed by atoms with Gasteiger partial charge in [0, 0.05) is 19.1 Å². The summed E-state index contributed by atoms with van der Waals surface area (Å²) in [6.45, 7) is 2.56. The molecule has 18 heavy (non-hydrogen) atoms. The summed E-state index contributed by atoms with van der Waals surface area (Å²) in [7, 11) is 1.67. The van der Waals surface area contributed by atoms with E-state index in [2.05, 4.69) is 5.32 Å². The Morgan fingerprint density at radius 3 is 2.83 bits per heavy atom. The molecule has 0 unspecified atom stereocenters. The molecule has 0 bridgehead atoms. The van der Waals surface area contributed by atoms with Crippen LogP contribution in [-0.2, 0) is 9.47 Å². The number of hydrogen-bond donors (Lipinski definition) is 1. The molecule has 0 aromatic heterocycles. The van der Waals surface area contributed by atoms with Crippen molar-refractivity contribution >= 4 is 6.09 Å². The maximum Gasteiger partial charge on any atom is 0.407 e. The van der Waals surface area contributed by atoms with Crippen LogP contribution in [0.1, 0.15) is 25.0 Å². The average molecular weight is 249 g/mol. The first kappa shape index (κ1) is 12.9. The minimum Gasteiger partial charge on any atom is -0.442 e. The van der Waals surface area contributed by atoms with Crippen molar-refractivity contribution in [3.05, 3.63) is 35.9 Å². The predicted molar refractivity (Wildman–Crippen MR) is 68.2 cm³/mol. The van der Waals surface area contributed by atoms with Crippen molar-refractivity contribution in [1.29, 1.82) is 0 Å². The van der Waals surface area contributed by atoms with E-state index in [4.69, 9.17) is 9.47 Å². The van der Waals surface area contributed by atoms with Gasteiger partial charge in [0.05, 0.1) is 6.61 Å². The van der Waals surface area contributed by atoms with E-state index in [9.17, 15) is 4.79 Å². The van der Waals surface area contributed by atoms with Crippen LogP contribution in [0, 0.1) is 5.92 Å². The molecule has 1 aliphatic rings. The number of rotatable bonds is 5. The molecule has 0 aliphatic heterocycles. The van der Waals surface area contributed by atoms with Crippen molar-refractivity contribution in [2.45, 2.75) is 25.5 Å². The Morgan fingerprint density at radius 1 is 1.44 bits per heavy atom. The van der Waals surface area contributed by atoms with Crippen molar-refractivity contribution in [3.8, 4) is 0 Å². The highest BCUT2D eigenvalue weighted by molar-refractivity contribution is 5.68. The zero-order valence-corrected chi connectivity index (χ0v) is 10.8. The molecule has 1 saturated carbocycles. The van der Waals surface area contributed by atoms with Gasteiger partial charge < -0.3 is 14.8 Å². The van der Waals surface area contributed by atoms with Crippen LogP contribution in [0.4, 0.5) is 4.79 Å². The second kappa shape index (κ2) is 5.87. The molecule has 0 spiro atoms. The molecule has 1 amide bonds. The van der Waals surface area contributed by atoms with E-state index in [0.29, 0.717) is 12.5 Å². The molecule has 1 aliphatic carbocycles. The first-order valence-corrected chi connectivity index (χ1v) is 6.21. The van der Waals surface area contributed by atoms with Crippen LogP contribution in [0.15, 0.2) is 30.3 Å². The summed E-state index contributed by atoms with van der Waals surface area (Å²) in [6, 6.07) is 9.91. The highest BCUT2D eigenvalue weighted by atomic mass is 16.6. The van der Waals surface area contributed by atoms with E-state index in [0.717, 1.165) is 12.0 Å². The smallest absolute Gasteiger partial charge is 0.407 e. The Balaban J connectivity index is 1.75. The summed E-state index contributed by atoms with van der Waals surface area (Å²) in [6.07, 6.45) is 0.392. The van der Waals surface area contributed by atoms with Crippen LogP contribution < -0.4 is 5.32 Å². The summed E-state index contributed by atoms with van der Waals surface area (Å²) in [5.74, 6) is 0.439. The van der Waals surface area contributed by atoms with Crippen molar-refractivity contribution < 1.29 is 14.3 Å². The van der Waals surface area contributed by atoms with E-state index in [1.807, 2.05) is 37.3 Å². The number of benzene rings is 1. The van der Waals surface area contributed by atoms with Crippen LogP contribution in [0.3, 0.4) is 0 Å². The van der Waals surface area contributed by atoms with Gasteiger partial charge in [0.25, 0.3) is 0 Å². The van der Waals surface area contributed by atoms with Gasteiger partial charge >= 0.3 is 6.09 Å². The third kappa shape index (κ3) is 3.47. The van der Waals surface area contributed by atoms with Crippen LogP contribution in [-0.4, -0.2) is 25.9 Å².